The maximum atomic E-state index is 6.13. The molecule has 3 N–H and O–H groups in total. The second-order valence-corrected chi connectivity index (χ2v) is 5.61. The molecule has 0 saturated carbocycles. The Morgan fingerprint density at radius 1 is 1.62 bits per heavy atom. The molecule has 4 heteroatoms. The van der Waals surface area contributed by atoms with E-state index >= 15 is 0 Å². The third-order valence-electron chi connectivity index (χ3n) is 3.72. The molecule has 2 heterocycles. The first-order valence-electron chi connectivity index (χ1n) is 5.96. The summed E-state index contributed by atoms with van der Waals surface area (Å²) in [6.45, 7) is 9.73. The molecular formula is C12H22N4. The van der Waals surface area contributed by atoms with Gasteiger partial charge >= 0.3 is 0 Å². The van der Waals surface area contributed by atoms with Crippen molar-refractivity contribution >= 4 is 0 Å². The Labute approximate surface area is 97.2 Å². The van der Waals surface area contributed by atoms with E-state index in [1.54, 1.807) is 0 Å². The Hall–Kier alpha value is -0.870. The quantitative estimate of drug-likeness (QED) is 0.792. The predicted octanol–water partition coefficient (Wildman–Crippen LogP) is 1.28. The Bertz CT molecular complexity index is 356. The van der Waals surface area contributed by atoms with Crippen LogP contribution in [0, 0.1) is 12.3 Å². The summed E-state index contributed by atoms with van der Waals surface area (Å²) in [5.41, 5.74) is 8.82. The summed E-state index contributed by atoms with van der Waals surface area (Å²) in [4.78, 5) is 2.47. The number of piperidine rings is 1. The summed E-state index contributed by atoms with van der Waals surface area (Å²) < 4.78 is 0. The monoisotopic (exact) mass is 222 g/mol. The standard InChI is InChI=1S/C12H22N4/c1-9-10(6-14-15-9)7-16-5-4-11(13)12(2,3)8-16/h6,11H,4-5,7-8,13H2,1-3H3,(H,14,15). The molecule has 90 valence electrons. The van der Waals surface area contributed by atoms with E-state index in [2.05, 4.69) is 35.9 Å². The second-order valence-electron chi connectivity index (χ2n) is 5.61. The van der Waals surface area contributed by atoms with Gasteiger partial charge in [-0.25, -0.2) is 0 Å². The number of rotatable bonds is 2. The fourth-order valence-electron chi connectivity index (χ4n) is 2.40. The zero-order chi connectivity index (χ0) is 11.8. The smallest absolute Gasteiger partial charge is 0.0535 e. The fourth-order valence-corrected chi connectivity index (χ4v) is 2.40. The van der Waals surface area contributed by atoms with Crippen LogP contribution in [0.2, 0.25) is 0 Å². The molecule has 1 saturated heterocycles. The van der Waals surface area contributed by atoms with Crippen LogP contribution in [-0.2, 0) is 6.54 Å². The molecule has 1 aliphatic rings. The molecule has 16 heavy (non-hydrogen) atoms. The van der Waals surface area contributed by atoms with Gasteiger partial charge in [0.25, 0.3) is 0 Å². The van der Waals surface area contributed by atoms with E-state index in [0.29, 0.717) is 6.04 Å². The second kappa shape index (κ2) is 4.18. The van der Waals surface area contributed by atoms with E-state index < -0.39 is 0 Å². The molecule has 1 aromatic heterocycles. The Morgan fingerprint density at radius 2 is 2.38 bits per heavy atom. The van der Waals surface area contributed by atoms with Crippen molar-refractivity contribution in [3.8, 4) is 0 Å². The van der Waals surface area contributed by atoms with Crippen LogP contribution < -0.4 is 5.73 Å². The van der Waals surface area contributed by atoms with E-state index in [0.717, 1.165) is 26.1 Å². The zero-order valence-electron chi connectivity index (χ0n) is 10.5. The van der Waals surface area contributed by atoms with Gasteiger partial charge in [0, 0.05) is 36.9 Å². The first kappa shape index (κ1) is 11.6. The largest absolute Gasteiger partial charge is 0.327 e. The van der Waals surface area contributed by atoms with Gasteiger partial charge in [-0.1, -0.05) is 13.8 Å². The van der Waals surface area contributed by atoms with Gasteiger partial charge in [-0.3, -0.25) is 10.00 Å². The highest BCUT2D eigenvalue weighted by molar-refractivity contribution is 5.14. The molecule has 0 bridgehead atoms. The topological polar surface area (TPSA) is 57.9 Å². The number of nitrogens with zero attached hydrogens (tertiary/aromatic N) is 2. The van der Waals surface area contributed by atoms with Crippen molar-refractivity contribution in [3.63, 3.8) is 0 Å². The van der Waals surface area contributed by atoms with E-state index in [-0.39, 0.29) is 5.41 Å². The lowest BCUT2D eigenvalue weighted by atomic mass is 9.79. The van der Waals surface area contributed by atoms with E-state index in [1.807, 2.05) is 6.20 Å². The predicted molar refractivity (Wildman–Crippen MR) is 65.0 cm³/mol. The minimum atomic E-state index is 0.218. The molecule has 1 atom stereocenters. The Balaban J connectivity index is 2.00. The molecule has 0 spiro atoms. The molecule has 1 aliphatic heterocycles. The summed E-state index contributed by atoms with van der Waals surface area (Å²) >= 11 is 0. The summed E-state index contributed by atoms with van der Waals surface area (Å²) in [5, 5.41) is 7.05. The molecule has 0 radical (unpaired) electrons. The lowest BCUT2D eigenvalue weighted by molar-refractivity contribution is 0.0897. The van der Waals surface area contributed by atoms with Crippen molar-refractivity contribution in [2.45, 2.75) is 39.8 Å². The number of nitrogens with one attached hydrogen (secondary N) is 1. The van der Waals surface area contributed by atoms with Crippen LogP contribution in [0.15, 0.2) is 6.20 Å². The van der Waals surface area contributed by atoms with Crippen molar-refractivity contribution in [3.05, 3.63) is 17.5 Å². The van der Waals surface area contributed by atoms with E-state index in [9.17, 15) is 0 Å². The van der Waals surface area contributed by atoms with E-state index in [4.69, 9.17) is 5.73 Å². The SMILES string of the molecule is Cc1[nH]ncc1CN1CCC(N)C(C)(C)C1. The van der Waals surface area contributed by atoms with Crippen molar-refractivity contribution in [1.29, 1.82) is 0 Å². The number of nitrogens with two attached hydrogens (primary N) is 1. The first-order chi connectivity index (χ1) is 7.49. The number of hydrogen-bond donors (Lipinski definition) is 2. The molecule has 2 rings (SSSR count). The van der Waals surface area contributed by atoms with Gasteiger partial charge in [-0.2, -0.15) is 5.10 Å². The third kappa shape index (κ3) is 2.28. The van der Waals surface area contributed by atoms with Gasteiger partial charge in [0.1, 0.15) is 0 Å². The van der Waals surface area contributed by atoms with E-state index in [1.165, 1.54) is 11.3 Å². The lowest BCUT2D eigenvalue weighted by Gasteiger charge is -2.42. The number of hydrogen-bond acceptors (Lipinski definition) is 3. The highest BCUT2D eigenvalue weighted by Gasteiger charge is 2.33. The molecule has 1 fully saturated rings. The van der Waals surface area contributed by atoms with Gasteiger partial charge in [-0.15, -0.1) is 0 Å². The molecule has 4 nitrogen and oxygen atoms in total. The Kier molecular flexibility index (Phi) is 3.04. The minimum Gasteiger partial charge on any atom is -0.327 e. The molecule has 1 unspecified atom stereocenters. The molecule has 0 aliphatic carbocycles. The van der Waals surface area contributed by atoms with Gasteiger partial charge in [-0.05, 0) is 18.8 Å². The van der Waals surface area contributed by atoms with Gasteiger partial charge < -0.3 is 5.73 Å². The van der Waals surface area contributed by atoms with Crippen LogP contribution in [0.1, 0.15) is 31.5 Å². The number of likely N-dealkylation sites (tertiary alicyclic amines) is 1. The van der Waals surface area contributed by atoms with Crippen molar-refractivity contribution in [2.24, 2.45) is 11.1 Å². The van der Waals surface area contributed by atoms with Crippen molar-refractivity contribution in [2.75, 3.05) is 13.1 Å². The van der Waals surface area contributed by atoms with Crippen molar-refractivity contribution < 1.29 is 0 Å². The van der Waals surface area contributed by atoms with Gasteiger partial charge in [0.05, 0.1) is 6.20 Å². The summed E-state index contributed by atoms with van der Waals surface area (Å²) in [5.74, 6) is 0. The highest BCUT2D eigenvalue weighted by atomic mass is 15.2. The third-order valence-corrected chi connectivity index (χ3v) is 3.72. The summed E-state index contributed by atoms with van der Waals surface area (Å²) in [7, 11) is 0. The van der Waals surface area contributed by atoms with Crippen LogP contribution in [0.5, 0.6) is 0 Å². The first-order valence-corrected chi connectivity index (χ1v) is 5.96. The average molecular weight is 222 g/mol. The van der Waals surface area contributed by atoms with Crippen LogP contribution in [0.4, 0.5) is 0 Å². The Morgan fingerprint density at radius 3 is 2.94 bits per heavy atom. The van der Waals surface area contributed by atoms with Crippen molar-refractivity contribution in [1.82, 2.24) is 15.1 Å². The van der Waals surface area contributed by atoms with Gasteiger partial charge in [0.15, 0.2) is 0 Å². The molecular weight excluding hydrogens is 200 g/mol. The minimum absolute atomic E-state index is 0.218. The number of aryl methyl sites for hydroxylation is 1. The summed E-state index contributed by atoms with van der Waals surface area (Å²) in [6, 6.07) is 0.328. The fraction of sp³-hybridized carbons (Fsp3) is 0.750. The van der Waals surface area contributed by atoms with Gasteiger partial charge in [0.2, 0.25) is 0 Å². The van der Waals surface area contributed by atoms with Crippen LogP contribution in [0.3, 0.4) is 0 Å². The average Bonchev–Trinajstić information content (AvgIpc) is 2.58. The maximum absolute atomic E-state index is 6.13. The molecule has 0 aromatic carbocycles. The number of aromatic amines is 1. The highest BCUT2D eigenvalue weighted by Crippen LogP contribution is 2.28. The number of H-pyrrole nitrogens is 1. The van der Waals surface area contributed by atoms with Crippen LogP contribution in [0.25, 0.3) is 0 Å². The van der Waals surface area contributed by atoms with Crippen LogP contribution >= 0.6 is 0 Å². The zero-order valence-corrected chi connectivity index (χ0v) is 10.5. The molecule has 0 amide bonds. The maximum Gasteiger partial charge on any atom is 0.0535 e. The normalized spacial score (nSPS) is 25.9. The number of aromatic nitrogens is 2. The molecule has 1 aromatic rings. The van der Waals surface area contributed by atoms with Crippen LogP contribution in [-0.4, -0.2) is 34.2 Å². The lowest BCUT2D eigenvalue weighted by Crippen LogP contribution is -2.52. The summed E-state index contributed by atoms with van der Waals surface area (Å²) in [6.07, 6.45) is 3.01.